The number of carbonyl (C=O) groups is 1. The molecule has 0 aliphatic rings. The molecule has 0 saturated heterocycles. The van der Waals surface area contributed by atoms with Crippen LogP contribution < -0.4 is 10.2 Å². The predicted molar refractivity (Wildman–Crippen MR) is 87.6 cm³/mol. The number of aromatic nitrogens is 2. The van der Waals surface area contributed by atoms with Crippen molar-refractivity contribution in [2.24, 2.45) is 0 Å². The number of aryl methyl sites for hydroxylation is 1. The zero-order valence-corrected chi connectivity index (χ0v) is 13.1. The van der Waals surface area contributed by atoms with Crippen LogP contribution in [0.25, 0.3) is 0 Å². The van der Waals surface area contributed by atoms with Gasteiger partial charge in [0.15, 0.2) is 0 Å². The van der Waals surface area contributed by atoms with Gasteiger partial charge in [0, 0.05) is 26.7 Å². The minimum Gasteiger partial charge on any atom is -0.350 e. The molecule has 116 valence electrons. The Morgan fingerprint density at radius 3 is 2.68 bits per heavy atom. The molecule has 0 atom stereocenters. The molecular formula is C17H22N4O. The van der Waals surface area contributed by atoms with E-state index in [1.54, 1.807) is 6.20 Å². The zero-order chi connectivity index (χ0) is 15.8. The molecule has 0 fully saturated rings. The van der Waals surface area contributed by atoms with Crippen molar-refractivity contribution in [3.8, 4) is 0 Å². The van der Waals surface area contributed by atoms with Crippen LogP contribution in [0.4, 0.5) is 5.95 Å². The van der Waals surface area contributed by atoms with Crippen molar-refractivity contribution in [1.82, 2.24) is 15.3 Å². The predicted octanol–water partition coefficient (Wildman–Crippen LogP) is 2.18. The molecule has 22 heavy (non-hydrogen) atoms. The average Bonchev–Trinajstić information content (AvgIpc) is 2.54. The van der Waals surface area contributed by atoms with Crippen LogP contribution >= 0.6 is 0 Å². The number of anilines is 1. The van der Waals surface area contributed by atoms with Gasteiger partial charge in [-0.15, -0.1) is 0 Å². The maximum absolute atomic E-state index is 11.9. The van der Waals surface area contributed by atoms with E-state index in [1.807, 2.05) is 43.3 Å². The lowest BCUT2D eigenvalue weighted by Gasteiger charge is -2.11. The van der Waals surface area contributed by atoms with E-state index in [2.05, 4.69) is 27.4 Å². The second-order valence-electron chi connectivity index (χ2n) is 5.36. The van der Waals surface area contributed by atoms with Gasteiger partial charge in [0.25, 0.3) is 0 Å². The van der Waals surface area contributed by atoms with Crippen LogP contribution in [0.5, 0.6) is 0 Å². The van der Waals surface area contributed by atoms with Crippen LogP contribution in [0.3, 0.4) is 0 Å². The average molecular weight is 298 g/mol. The molecule has 0 unspecified atom stereocenters. The standard InChI is InChI=1S/C17H22N4O/c1-21(2)17-18-12-11-15(20-17)13-19-16(22)10-6-9-14-7-4-3-5-8-14/h3-5,7-8,11-12H,6,9-10,13H2,1-2H3,(H,19,22). The maximum atomic E-state index is 11.9. The van der Waals surface area contributed by atoms with Gasteiger partial charge in [0.1, 0.15) is 0 Å². The number of amides is 1. The van der Waals surface area contributed by atoms with Gasteiger partial charge >= 0.3 is 0 Å². The van der Waals surface area contributed by atoms with Crippen molar-refractivity contribution < 1.29 is 4.79 Å². The molecule has 2 rings (SSSR count). The summed E-state index contributed by atoms with van der Waals surface area (Å²) in [7, 11) is 3.78. The van der Waals surface area contributed by atoms with Crippen LogP contribution in [0.2, 0.25) is 0 Å². The van der Waals surface area contributed by atoms with Gasteiger partial charge in [0.05, 0.1) is 12.2 Å². The summed E-state index contributed by atoms with van der Waals surface area (Å²) in [6.45, 7) is 0.438. The highest BCUT2D eigenvalue weighted by molar-refractivity contribution is 5.75. The van der Waals surface area contributed by atoms with Crippen molar-refractivity contribution in [2.75, 3.05) is 19.0 Å². The van der Waals surface area contributed by atoms with E-state index in [0.29, 0.717) is 18.9 Å². The number of nitrogens with one attached hydrogen (secondary N) is 1. The van der Waals surface area contributed by atoms with Gasteiger partial charge in [-0.25, -0.2) is 9.97 Å². The Bertz CT molecular complexity index is 599. The van der Waals surface area contributed by atoms with Gasteiger partial charge < -0.3 is 10.2 Å². The highest BCUT2D eigenvalue weighted by Crippen LogP contribution is 2.05. The van der Waals surface area contributed by atoms with Gasteiger partial charge in [-0.2, -0.15) is 0 Å². The molecule has 0 saturated carbocycles. The molecule has 0 spiro atoms. The minimum atomic E-state index is 0.0564. The van der Waals surface area contributed by atoms with E-state index < -0.39 is 0 Å². The van der Waals surface area contributed by atoms with Crippen LogP contribution in [0.1, 0.15) is 24.1 Å². The fraction of sp³-hybridized carbons (Fsp3) is 0.353. The Morgan fingerprint density at radius 2 is 1.95 bits per heavy atom. The molecule has 2 aromatic rings. The number of carbonyl (C=O) groups excluding carboxylic acids is 1. The lowest BCUT2D eigenvalue weighted by molar-refractivity contribution is -0.121. The summed E-state index contributed by atoms with van der Waals surface area (Å²) < 4.78 is 0. The maximum Gasteiger partial charge on any atom is 0.225 e. The van der Waals surface area contributed by atoms with Crippen molar-refractivity contribution >= 4 is 11.9 Å². The van der Waals surface area contributed by atoms with Crippen molar-refractivity contribution in [2.45, 2.75) is 25.8 Å². The second kappa shape index (κ2) is 8.12. The summed E-state index contributed by atoms with van der Waals surface area (Å²) in [6.07, 6.45) is 4.01. The minimum absolute atomic E-state index is 0.0564. The van der Waals surface area contributed by atoms with E-state index >= 15 is 0 Å². The fourth-order valence-electron chi connectivity index (χ4n) is 2.07. The molecule has 1 amide bonds. The lowest BCUT2D eigenvalue weighted by atomic mass is 10.1. The zero-order valence-electron chi connectivity index (χ0n) is 13.1. The number of hydrogen-bond acceptors (Lipinski definition) is 4. The Balaban J connectivity index is 1.72. The molecule has 1 aromatic carbocycles. The first-order chi connectivity index (χ1) is 10.6. The van der Waals surface area contributed by atoms with E-state index in [1.165, 1.54) is 5.56 Å². The molecular weight excluding hydrogens is 276 g/mol. The third-order valence-electron chi connectivity index (χ3n) is 3.28. The normalized spacial score (nSPS) is 10.3. The third-order valence-corrected chi connectivity index (χ3v) is 3.28. The first-order valence-electron chi connectivity index (χ1n) is 7.45. The van der Waals surface area contributed by atoms with E-state index in [-0.39, 0.29) is 5.91 Å². The Kier molecular flexibility index (Phi) is 5.89. The van der Waals surface area contributed by atoms with Crippen LogP contribution in [0, 0.1) is 0 Å². The summed E-state index contributed by atoms with van der Waals surface area (Å²) in [5.41, 5.74) is 2.08. The second-order valence-corrected chi connectivity index (χ2v) is 5.36. The van der Waals surface area contributed by atoms with E-state index in [0.717, 1.165) is 18.5 Å². The Labute approximate surface area is 131 Å². The van der Waals surface area contributed by atoms with Crippen molar-refractivity contribution in [1.29, 1.82) is 0 Å². The molecule has 1 heterocycles. The highest BCUT2D eigenvalue weighted by atomic mass is 16.1. The summed E-state index contributed by atoms with van der Waals surface area (Å²) in [5.74, 6) is 0.705. The Hall–Kier alpha value is -2.43. The molecule has 0 bridgehead atoms. The van der Waals surface area contributed by atoms with Crippen molar-refractivity contribution in [3.05, 3.63) is 53.9 Å². The molecule has 0 aliphatic carbocycles. The van der Waals surface area contributed by atoms with Gasteiger partial charge in [-0.3, -0.25) is 4.79 Å². The summed E-state index contributed by atoms with van der Waals surface area (Å²) in [6, 6.07) is 12.0. The van der Waals surface area contributed by atoms with Gasteiger partial charge in [-0.05, 0) is 24.5 Å². The number of nitrogens with zero attached hydrogens (tertiary/aromatic N) is 3. The van der Waals surface area contributed by atoms with E-state index in [4.69, 9.17) is 0 Å². The lowest BCUT2D eigenvalue weighted by Crippen LogP contribution is -2.23. The van der Waals surface area contributed by atoms with Crippen LogP contribution in [-0.4, -0.2) is 30.0 Å². The largest absolute Gasteiger partial charge is 0.350 e. The number of benzene rings is 1. The first kappa shape index (κ1) is 15.9. The van der Waals surface area contributed by atoms with Crippen LogP contribution in [0.15, 0.2) is 42.6 Å². The highest BCUT2D eigenvalue weighted by Gasteiger charge is 2.04. The smallest absolute Gasteiger partial charge is 0.225 e. The van der Waals surface area contributed by atoms with Crippen molar-refractivity contribution in [3.63, 3.8) is 0 Å². The molecule has 5 heteroatoms. The molecule has 0 radical (unpaired) electrons. The van der Waals surface area contributed by atoms with Gasteiger partial charge in [-0.1, -0.05) is 30.3 Å². The Morgan fingerprint density at radius 1 is 1.18 bits per heavy atom. The SMILES string of the molecule is CN(C)c1nccc(CNC(=O)CCCc2ccccc2)n1. The van der Waals surface area contributed by atoms with Gasteiger partial charge in [0.2, 0.25) is 11.9 Å². The molecule has 1 N–H and O–H groups in total. The molecule has 0 aliphatic heterocycles. The topological polar surface area (TPSA) is 58.1 Å². The molecule has 5 nitrogen and oxygen atoms in total. The third kappa shape index (κ3) is 5.16. The number of rotatable bonds is 7. The monoisotopic (exact) mass is 298 g/mol. The molecule has 1 aromatic heterocycles. The summed E-state index contributed by atoms with van der Waals surface area (Å²) in [4.78, 5) is 22.2. The summed E-state index contributed by atoms with van der Waals surface area (Å²) >= 11 is 0. The summed E-state index contributed by atoms with van der Waals surface area (Å²) in [5, 5.41) is 2.90. The van der Waals surface area contributed by atoms with E-state index in [9.17, 15) is 4.79 Å². The fourth-order valence-corrected chi connectivity index (χ4v) is 2.07. The van der Waals surface area contributed by atoms with Crippen LogP contribution in [-0.2, 0) is 17.8 Å². The first-order valence-corrected chi connectivity index (χ1v) is 7.45. The quantitative estimate of drug-likeness (QED) is 0.851. The number of hydrogen-bond donors (Lipinski definition) is 1.